The average Bonchev–Trinajstić information content (AvgIpc) is 3.30. The summed E-state index contributed by atoms with van der Waals surface area (Å²) in [7, 11) is -3.36. The second-order valence-electron chi connectivity index (χ2n) is 5.96. The van der Waals surface area contributed by atoms with Gasteiger partial charge in [0.15, 0.2) is 0 Å². The first-order valence-corrected chi connectivity index (χ1v) is 10.0. The van der Waals surface area contributed by atoms with E-state index >= 15 is 0 Å². The van der Waals surface area contributed by atoms with Crippen molar-refractivity contribution in [3.63, 3.8) is 0 Å². The summed E-state index contributed by atoms with van der Waals surface area (Å²) >= 11 is 1.39. The molecule has 2 aliphatic rings. The number of hydrogen-bond donors (Lipinski definition) is 0. The van der Waals surface area contributed by atoms with Gasteiger partial charge < -0.3 is 4.90 Å². The standard InChI is InChI=1S/C15H18N4O2S2/c20-23(21,19-6-1-2-7-19)14-4-3-12-5-8-18(15(12)9-14)11-13-10-16-17-22-13/h3-4,9-10H,1-2,5-8,11H2. The van der Waals surface area contributed by atoms with Crippen molar-refractivity contribution in [3.05, 3.63) is 34.8 Å². The predicted octanol–water partition coefficient (Wildman–Crippen LogP) is 1.89. The second kappa shape index (κ2) is 5.85. The lowest BCUT2D eigenvalue weighted by atomic mass is 10.2. The Morgan fingerprint density at radius 2 is 2.00 bits per heavy atom. The molecule has 0 bridgehead atoms. The largest absolute Gasteiger partial charge is 0.366 e. The Kier molecular flexibility index (Phi) is 3.82. The number of sulfonamides is 1. The van der Waals surface area contributed by atoms with Crippen LogP contribution in [-0.4, -0.2) is 41.9 Å². The molecule has 2 aromatic rings. The van der Waals surface area contributed by atoms with Gasteiger partial charge in [0.2, 0.25) is 10.0 Å². The van der Waals surface area contributed by atoms with Crippen molar-refractivity contribution in [2.75, 3.05) is 24.5 Å². The van der Waals surface area contributed by atoms with Crippen molar-refractivity contribution in [2.45, 2.75) is 30.7 Å². The van der Waals surface area contributed by atoms with Crippen molar-refractivity contribution >= 4 is 27.2 Å². The van der Waals surface area contributed by atoms with Crippen molar-refractivity contribution in [1.29, 1.82) is 0 Å². The summed E-state index contributed by atoms with van der Waals surface area (Å²) in [5.74, 6) is 0. The van der Waals surface area contributed by atoms with Gasteiger partial charge in [-0.1, -0.05) is 10.6 Å². The SMILES string of the molecule is O=S(=O)(c1ccc2c(c1)N(Cc1cnns1)CC2)N1CCCC1. The van der Waals surface area contributed by atoms with Gasteiger partial charge in [0.25, 0.3) is 0 Å². The molecule has 122 valence electrons. The van der Waals surface area contributed by atoms with E-state index in [1.807, 2.05) is 12.1 Å². The minimum atomic E-state index is -3.36. The highest BCUT2D eigenvalue weighted by molar-refractivity contribution is 7.89. The lowest BCUT2D eigenvalue weighted by Gasteiger charge is -2.20. The fourth-order valence-corrected chi connectivity index (χ4v) is 5.32. The summed E-state index contributed by atoms with van der Waals surface area (Å²) in [5, 5.41) is 3.87. The van der Waals surface area contributed by atoms with Crippen LogP contribution in [0, 0.1) is 0 Å². The number of aromatic nitrogens is 2. The van der Waals surface area contributed by atoms with Crippen LogP contribution in [0.25, 0.3) is 0 Å². The van der Waals surface area contributed by atoms with E-state index in [9.17, 15) is 8.42 Å². The molecule has 0 radical (unpaired) electrons. The van der Waals surface area contributed by atoms with Gasteiger partial charge in [-0.3, -0.25) is 0 Å². The minimum absolute atomic E-state index is 0.410. The maximum atomic E-state index is 12.7. The number of benzene rings is 1. The summed E-state index contributed by atoms with van der Waals surface area (Å²) < 4.78 is 31.0. The fraction of sp³-hybridized carbons (Fsp3) is 0.467. The lowest BCUT2D eigenvalue weighted by Crippen LogP contribution is -2.28. The van der Waals surface area contributed by atoms with Crippen molar-refractivity contribution < 1.29 is 8.42 Å². The number of rotatable bonds is 4. The highest BCUT2D eigenvalue weighted by Crippen LogP contribution is 2.33. The van der Waals surface area contributed by atoms with Crippen LogP contribution in [0.4, 0.5) is 5.69 Å². The molecule has 3 heterocycles. The third-order valence-electron chi connectivity index (χ3n) is 4.50. The van der Waals surface area contributed by atoms with Crippen LogP contribution in [0.1, 0.15) is 23.3 Å². The molecular formula is C15H18N4O2S2. The van der Waals surface area contributed by atoms with Crippen molar-refractivity contribution in [3.8, 4) is 0 Å². The summed E-state index contributed by atoms with van der Waals surface area (Å²) in [4.78, 5) is 3.71. The van der Waals surface area contributed by atoms with Gasteiger partial charge in [-0.15, -0.1) is 5.10 Å². The molecule has 2 aliphatic heterocycles. The molecule has 0 atom stereocenters. The average molecular weight is 350 g/mol. The maximum Gasteiger partial charge on any atom is 0.243 e. The molecule has 1 fully saturated rings. The zero-order valence-electron chi connectivity index (χ0n) is 12.7. The summed E-state index contributed by atoms with van der Waals surface area (Å²) in [6, 6.07) is 5.55. The van der Waals surface area contributed by atoms with Crippen LogP contribution in [-0.2, 0) is 23.0 Å². The summed E-state index contributed by atoms with van der Waals surface area (Å²) in [6.07, 6.45) is 4.63. The van der Waals surface area contributed by atoms with E-state index in [2.05, 4.69) is 14.5 Å². The van der Waals surface area contributed by atoms with Gasteiger partial charge in [-0.25, -0.2) is 8.42 Å². The minimum Gasteiger partial charge on any atom is -0.366 e. The molecule has 1 aromatic heterocycles. The van der Waals surface area contributed by atoms with E-state index in [-0.39, 0.29) is 0 Å². The van der Waals surface area contributed by atoms with Crippen LogP contribution in [0.3, 0.4) is 0 Å². The van der Waals surface area contributed by atoms with E-state index in [1.54, 1.807) is 16.6 Å². The monoisotopic (exact) mass is 350 g/mol. The molecule has 0 spiro atoms. The predicted molar refractivity (Wildman–Crippen MR) is 89.1 cm³/mol. The zero-order valence-corrected chi connectivity index (χ0v) is 14.3. The number of hydrogen-bond acceptors (Lipinski definition) is 6. The lowest BCUT2D eigenvalue weighted by molar-refractivity contribution is 0.477. The molecule has 6 nitrogen and oxygen atoms in total. The molecule has 0 N–H and O–H groups in total. The Labute approximate surface area is 140 Å². The van der Waals surface area contributed by atoms with E-state index in [1.165, 1.54) is 17.1 Å². The Hall–Kier alpha value is -1.51. The summed E-state index contributed by atoms with van der Waals surface area (Å²) in [6.45, 7) is 2.91. The van der Waals surface area contributed by atoms with E-state index < -0.39 is 10.0 Å². The normalized spacial score (nSPS) is 18.5. The quantitative estimate of drug-likeness (QED) is 0.842. The van der Waals surface area contributed by atoms with Crippen LogP contribution in [0.15, 0.2) is 29.3 Å². The highest BCUT2D eigenvalue weighted by Gasteiger charge is 2.29. The third kappa shape index (κ3) is 2.75. The first-order valence-electron chi connectivity index (χ1n) is 7.79. The number of anilines is 1. The molecule has 0 aliphatic carbocycles. The molecule has 0 unspecified atom stereocenters. The van der Waals surface area contributed by atoms with Gasteiger partial charge in [0, 0.05) is 25.3 Å². The van der Waals surface area contributed by atoms with Gasteiger partial charge in [0.1, 0.15) is 0 Å². The molecule has 4 rings (SSSR count). The Balaban J connectivity index is 1.65. The van der Waals surface area contributed by atoms with Gasteiger partial charge >= 0.3 is 0 Å². The molecule has 8 heteroatoms. The van der Waals surface area contributed by atoms with Crippen molar-refractivity contribution in [1.82, 2.24) is 13.9 Å². The van der Waals surface area contributed by atoms with Gasteiger partial charge in [0.05, 0.1) is 22.5 Å². The molecule has 1 aromatic carbocycles. The van der Waals surface area contributed by atoms with Crippen LogP contribution in [0.2, 0.25) is 0 Å². The second-order valence-corrected chi connectivity index (χ2v) is 8.77. The van der Waals surface area contributed by atoms with E-state index in [0.29, 0.717) is 18.0 Å². The smallest absolute Gasteiger partial charge is 0.243 e. The van der Waals surface area contributed by atoms with Crippen LogP contribution in [0.5, 0.6) is 0 Å². The fourth-order valence-electron chi connectivity index (χ4n) is 3.27. The van der Waals surface area contributed by atoms with Crippen LogP contribution < -0.4 is 4.90 Å². The zero-order chi connectivity index (χ0) is 15.9. The molecule has 23 heavy (non-hydrogen) atoms. The summed E-state index contributed by atoms with van der Waals surface area (Å²) in [5.41, 5.74) is 2.24. The number of nitrogens with zero attached hydrogens (tertiary/aromatic N) is 4. The first kappa shape index (κ1) is 15.0. The first-order chi connectivity index (χ1) is 11.1. The van der Waals surface area contributed by atoms with Gasteiger partial charge in [-0.05, 0) is 48.5 Å². The maximum absolute atomic E-state index is 12.7. The molecular weight excluding hydrogens is 332 g/mol. The Morgan fingerprint density at radius 3 is 2.74 bits per heavy atom. The van der Waals surface area contributed by atoms with E-state index in [0.717, 1.165) is 42.9 Å². The molecule has 0 saturated carbocycles. The molecule has 0 amide bonds. The van der Waals surface area contributed by atoms with Gasteiger partial charge in [-0.2, -0.15) is 4.31 Å². The number of fused-ring (bicyclic) bond motifs is 1. The Morgan fingerprint density at radius 1 is 1.17 bits per heavy atom. The topological polar surface area (TPSA) is 66.4 Å². The third-order valence-corrected chi connectivity index (χ3v) is 7.04. The highest BCUT2D eigenvalue weighted by atomic mass is 32.2. The van der Waals surface area contributed by atoms with Crippen LogP contribution >= 0.6 is 11.5 Å². The molecule has 1 saturated heterocycles. The van der Waals surface area contributed by atoms with E-state index in [4.69, 9.17) is 0 Å². The van der Waals surface area contributed by atoms with Crippen molar-refractivity contribution in [2.24, 2.45) is 0 Å². The Bertz CT molecular complexity index is 799.